The van der Waals surface area contributed by atoms with E-state index in [1.807, 2.05) is 11.3 Å². The summed E-state index contributed by atoms with van der Waals surface area (Å²) >= 11 is 1.87. The lowest BCUT2D eigenvalue weighted by Gasteiger charge is -2.13. The molecule has 0 spiro atoms. The second-order valence-electron chi connectivity index (χ2n) is 14.5. The highest BCUT2D eigenvalue weighted by molar-refractivity contribution is 7.25. The standard InChI is InChI=1S/C52H32N2S/c1-2-12-38(13-3-1)53-47-17-7-4-14-40(47)44-30-34(23-27-49(44)53)35-24-28-50-45(31-35)41-15-5-8-18-48(41)54(50)46-19-10-11-37-29-33(21-25-39(37)46)36-22-26-43-42-16-6-9-20-51(42)55-52(43)32-36/h1-32H. The van der Waals surface area contributed by atoms with Crippen LogP contribution in [0, 0.1) is 0 Å². The Balaban J connectivity index is 0.991. The fourth-order valence-electron chi connectivity index (χ4n) is 8.97. The molecule has 3 heterocycles. The summed E-state index contributed by atoms with van der Waals surface area (Å²) in [5, 5.41) is 10.2. The molecular weight excluding hydrogens is 685 g/mol. The van der Waals surface area contributed by atoms with Crippen LogP contribution in [0.2, 0.25) is 0 Å². The summed E-state index contributed by atoms with van der Waals surface area (Å²) in [6.45, 7) is 0. The molecule has 12 rings (SSSR count). The minimum absolute atomic E-state index is 1.18. The summed E-state index contributed by atoms with van der Waals surface area (Å²) < 4.78 is 7.50. The van der Waals surface area contributed by atoms with Gasteiger partial charge in [0.2, 0.25) is 0 Å². The van der Waals surface area contributed by atoms with E-state index in [0.29, 0.717) is 0 Å². The summed E-state index contributed by atoms with van der Waals surface area (Å²) in [7, 11) is 0. The highest BCUT2D eigenvalue weighted by Crippen LogP contribution is 2.41. The van der Waals surface area contributed by atoms with Gasteiger partial charge in [0.25, 0.3) is 0 Å². The third kappa shape index (κ3) is 4.60. The van der Waals surface area contributed by atoms with E-state index in [1.54, 1.807) is 0 Å². The fourth-order valence-corrected chi connectivity index (χ4v) is 10.1. The van der Waals surface area contributed by atoms with Crippen LogP contribution in [-0.4, -0.2) is 9.13 Å². The lowest BCUT2D eigenvalue weighted by molar-refractivity contribution is 1.18. The molecule has 0 amide bonds. The van der Waals surface area contributed by atoms with Crippen molar-refractivity contribution >= 4 is 85.9 Å². The first-order valence-electron chi connectivity index (χ1n) is 18.8. The van der Waals surface area contributed by atoms with Crippen LogP contribution >= 0.6 is 11.3 Å². The minimum atomic E-state index is 1.18. The summed E-state index contributed by atoms with van der Waals surface area (Å²) in [5.74, 6) is 0. The third-order valence-electron chi connectivity index (χ3n) is 11.5. The van der Waals surface area contributed by atoms with Crippen LogP contribution in [0.3, 0.4) is 0 Å². The van der Waals surface area contributed by atoms with Crippen molar-refractivity contribution in [2.45, 2.75) is 0 Å². The lowest BCUT2D eigenvalue weighted by atomic mass is 9.99. The molecule has 0 saturated heterocycles. The largest absolute Gasteiger partial charge is 0.309 e. The predicted octanol–water partition coefficient (Wildman–Crippen LogP) is 14.7. The summed E-state index contributed by atoms with van der Waals surface area (Å²) in [6.07, 6.45) is 0. The molecule has 3 aromatic heterocycles. The van der Waals surface area contributed by atoms with Crippen molar-refractivity contribution < 1.29 is 0 Å². The molecule has 256 valence electrons. The van der Waals surface area contributed by atoms with Crippen molar-refractivity contribution in [1.82, 2.24) is 9.13 Å². The summed E-state index contributed by atoms with van der Waals surface area (Å²) in [4.78, 5) is 0. The Bertz CT molecular complexity index is 3490. The predicted molar refractivity (Wildman–Crippen MR) is 236 cm³/mol. The van der Waals surface area contributed by atoms with Gasteiger partial charge in [-0.15, -0.1) is 11.3 Å². The maximum Gasteiger partial charge on any atom is 0.0541 e. The average molecular weight is 717 g/mol. The quantitative estimate of drug-likeness (QED) is 0.172. The van der Waals surface area contributed by atoms with E-state index in [9.17, 15) is 0 Å². The SMILES string of the molecule is c1ccc(-n2c3ccccc3c3cc(-c4ccc5c(c4)c4ccccc4n5-c4cccc5cc(-c6ccc7c(c6)sc6ccccc67)ccc45)ccc32)cc1. The van der Waals surface area contributed by atoms with Gasteiger partial charge in [-0.25, -0.2) is 0 Å². The zero-order chi connectivity index (χ0) is 36.0. The van der Waals surface area contributed by atoms with Gasteiger partial charge in [-0.05, 0) is 100 Å². The van der Waals surface area contributed by atoms with Crippen molar-refractivity contribution in [3.05, 3.63) is 194 Å². The molecular formula is C52H32N2S. The molecule has 0 radical (unpaired) electrons. The van der Waals surface area contributed by atoms with Gasteiger partial charge in [0.15, 0.2) is 0 Å². The smallest absolute Gasteiger partial charge is 0.0541 e. The minimum Gasteiger partial charge on any atom is -0.309 e. The van der Waals surface area contributed by atoms with Gasteiger partial charge < -0.3 is 9.13 Å². The average Bonchev–Trinajstić information content (AvgIpc) is 3.90. The molecule has 3 heteroatoms. The van der Waals surface area contributed by atoms with Crippen molar-refractivity contribution in [2.75, 3.05) is 0 Å². The molecule has 0 aliphatic rings. The molecule has 55 heavy (non-hydrogen) atoms. The van der Waals surface area contributed by atoms with Gasteiger partial charge in [0.1, 0.15) is 0 Å². The zero-order valence-electron chi connectivity index (χ0n) is 29.8. The Kier molecular flexibility index (Phi) is 6.54. The number of para-hydroxylation sites is 3. The molecule has 0 N–H and O–H groups in total. The van der Waals surface area contributed by atoms with E-state index in [1.165, 1.54) is 108 Å². The van der Waals surface area contributed by atoms with Crippen molar-refractivity contribution in [3.8, 4) is 33.6 Å². The molecule has 0 fully saturated rings. The summed E-state index contributed by atoms with van der Waals surface area (Å²) in [6, 6.07) is 71.5. The Morgan fingerprint density at radius 1 is 0.291 bits per heavy atom. The van der Waals surface area contributed by atoms with E-state index in [4.69, 9.17) is 0 Å². The second-order valence-corrected chi connectivity index (χ2v) is 15.6. The lowest BCUT2D eigenvalue weighted by Crippen LogP contribution is -1.95. The van der Waals surface area contributed by atoms with Crippen LogP contribution in [-0.2, 0) is 0 Å². The van der Waals surface area contributed by atoms with Gasteiger partial charge in [0.05, 0.1) is 27.8 Å². The van der Waals surface area contributed by atoms with Gasteiger partial charge in [-0.1, -0.05) is 121 Å². The van der Waals surface area contributed by atoms with Gasteiger partial charge in [-0.2, -0.15) is 0 Å². The van der Waals surface area contributed by atoms with Crippen molar-refractivity contribution in [3.63, 3.8) is 0 Å². The van der Waals surface area contributed by atoms with Crippen LogP contribution < -0.4 is 0 Å². The monoisotopic (exact) mass is 716 g/mol. The van der Waals surface area contributed by atoms with E-state index < -0.39 is 0 Å². The van der Waals surface area contributed by atoms with Gasteiger partial charge >= 0.3 is 0 Å². The topological polar surface area (TPSA) is 9.86 Å². The van der Waals surface area contributed by atoms with Crippen LogP contribution in [0.1, 0.15) is 0 Å². The maximum absolute atomic E-state index is 2.45. The molecule has 0 saturated carbocycles. The van der Waals surface area contributed by atoms with E-state index in [2.05, 4.69) is 203 Å². The number of fused-ring (bicyclic) bond motifs is 10. The highest BCUT2D eigenvalue weighted by atomic mass is 32.1. The number of thiophene rings is 1. The Morgan fingerprint density at radius 3 is 1.56 bits per heavy atom. The Morgan fingerprint density at radius 2 is 0.818 bits per heavy atom. The second kappa shape index (κ2) is 11.8. The number of nitrogens with zero attached hydrogens (tertiary/aromatic N) is 2. The number of rotatable bonds is 4. The maximum atomic E-state index is 2.45. The number of benzene rings is 9. The Hall–Kier alpha value is -6.94. The number of hydrogen-bond acceptors (Lipinski definition) is 1. The van der Waals surface area contributed by atoms with E-state index in [-0.39, 0.29) is 0 Å². The number of hydrogen-bond donors (Lipinski definition) is 0. The van der Waals surface area contributed by atoms with Crippen LogP contribution in [0.15, 0.2) is 194 Å². The van der Waals surface area contributed by atoms with E-state index >= 15 is 0 Å². The third-order valence-corrected chi connectivity index (χ3v) is 12.6. The highest BCUT2D eigenvalue weighted by Gasteiger charge is 2.17. The first-order chi connectivity index (χ1) is 27.3. The van der Waals surface area contributed by atoms with Crippen LogP contribution in [0.4, 0.5) is 0 Å². The Labute approximate surface area is 321 Å². The molecule has 2 nitrogen and oxygen atoms in total. The molecule has 0 bridgehead atoms. The van der Waals surface area contributed by atoms with E-state index in [0.717, 1.165) is 0 Å². The summed E-state index contributed by atoms with van der Waals surface area (Å²) in [5.41, 5.74) is 12.1. The first kappa shape index (κ1) is 30.5. The van der Waals surface area contributed by atoms with Crippen molar-refractivity contribution in [2.24, 2.45) is 0 Å². The zero-order valence-corrected chi connectivity index (χ0v) is 30.6. The molecule has 0 aliphatic carbocycles. The molecule has 0 unspecified atom stereocenters. The van der Waals surface area contributed by atoms with Crippen LogP contribution in [0.25, 0.3) is 108 Å². The first-order valence-corrected chi connectivity index (χ1v) is 19.7. The van der Waals surface area contributed by atoms with Gasteiger partial charge in [-0.3, -0.25) is 0 Å². The van der Waals surface area contributed by atoms with Crippen molar-refractivity contribution in [1.29, 1.82) is 0 Å². The van der Waals surface area contributed by atoms with Crippen LogP contribution in [0.5, 0.6) is 0 Å². The molecule has 9 aromatic carbocycles. The normalized spacial score (nSPS) is 12.0. The van der Waals surface area contributed by atoms with Gasteiger partial charge in [0, 0.05) is 52.8 Å². The number of aromatic nitrogens is 2. The molecule has 12 aromatic rings. The molecule has 0 atom stereocenters. The molecule has 0 aliphatic heterocycles. The fraction of sp³-hybridized carbons (Fsp3) is 0.